The van der Waals surface area contributed by atoms with E-state index >= 15 is 0 Å². The smallest absolute Gasteiger partial charge is 0.321 e. The third-order valence-electron chi connectivity index (χ3n) is 4.28. The molecule has 21 heavy (non-hydrogen) atoms. The first-order valence-corrected chi connectivity index (χ1v) is 7.67. The SMILES string of the molecule is CCCCn1nnnc1CN1CCCC(C)(C)C1C(=O)O. The van der Waals surface area contributed by atoms with E-state index in [1.165, 1.54) is 0 Å². The van der Waals surface area contributed by atoms with Crippen LogP contribution in [0.3, 0.4) is 0 Å². The van der Waals surface area contributed by atoms with Crippen LogP contribution >= 0.6 is 0 Å². The fraction of sp³-hybridized carbons (Fsp3) is 0.857. The molecule has 0 aliphatic carbocycles. The molecule has 1 aliphatic heterocycles. The number of hydrogen-bond acceptors (Lipinski definition) is 5. The number of aliphatic carboxylic acids is 1. The molecule has 1 aliphatic rings. The Labute approximate surface area is 125 Å². The lowest BCUT2D eigenvalue weighted by Crippen LogP contribution is -2.53. The summed E-state index contributed by atoms with van der Waals surface area (Å²) >= 11 is 0. The minimum Gasteiger partial charge on any atom is -0.480 e. The summed E-state index contributed by atoms with van der Waals surface area (Å²) < 4.78 is 1.80. The number of unbranched alkanes of at least 4 members (excludes halogenated alkanes) is 1. The molecule has 0 spiro atoms. The summed E-state index contributed by atoms with van der Waals surface area (Å²) in [5.74, 6) is -0.000294. The summed E-state index contributed by atoms with van der Waals surface area (Å²) in [6.07, 6.45) is 4.04. The molecule has 1 aromatic heterocycles. The first-order chi connectivity index (χ1) is 9.95. The number of nitrogens with zero attached hydrogens (tertiary/aromatic N) is 5. The van der Waals surface area contributed by atoms with Gasteiger partial charge in [0.1, 0.15) is 6.04 Å². The summed E-state index contributed by atoms with van der Waals surface area (Å²) in [6.45, 7) is 8.24. The number of carbonyl (C=O) groups is 1. The molecule has 1 aromatic rings. The van der Waals surface area contributed by atoms with Crippen molar-refractivity contribution in [2.45, 2.75) is 65.6 Å². The Morgan fingerprint density at radius 2 is 2.24 bits per heavy atom. The summed E-state index contributed by atoms with van der Waals surface area (Å²) in [4.78, 5) is 13.7. The van der Waals surface area contributed by atoms with Crippen molar-refractivity contribution in [3.05, 3.63) is 5.82 Å². The molecule has 0 amide bonds. The molecular formula is C14H25N5O2. The van der Waals surface area contributed by atoms with Crippen LogP contribution in [-0.4, -0.2) is 48.8 Å². The third kappa shape index (κ3) is 3.58. The van der Waals surface area contributed by atoms with Crippen molar-refractivity contribution in [1.29, 1.82) is 0 Å². The van der Waals surface area contributed by atoms with E-state index < -0.39 is 12.0 Å². The van der Waals surface area contributed by atoms with E-state index in [0.717, 1.165) is 44.6 Å². The highest BCUT2D eigenvalue weighted by atomic mass is 16.4. The van der Waals surface area contributed by atoms with Crippen LogP contribution < -0.4 is 0 Å². The maximum absolute atomic E-state index is 11.7. The van der Waals surface area contributed by atoms with Crippen molar-refractivity contribution in [3.8, 4) is 0 Å². The van der Waals surface area contributed by atoms with Gasteiger partial charge in [0.15, 0.2) is 5.82 Å². The fourth-order valence-electron chi connectivity index (χ4n) is 3.16. The zero-order valence-corrected chi connectivity index (χ0v) is 13.1. The molecule has 1 N–H and O–H groups in total. The Bertz CT molecular complexity index is 485. The molecular weight excluding hydrogens is 270 g/mol. The Morgan fingerprint density at radius 1 is 1.48 bits per heavy atom. The number of aryl methyl sites for hydroxylation is 1. The van der Waals surface area contributed by atoms with Crippen molar-refractivity contribution in [1.82, 2.24) is 25.1 Å². The third-order valence-corrected chi connectivity index (χ3v) is 4.28. The van der Waals surface area contributed by atoms with Crippen molar-refractivity contribution in [3.63, 3.8) is 0 Å². The van der Waals surface area contributed by atoms with Crippen LogP contribution in [0.1, 0.15) is 52.3 Å². The number of piperidine rings is 1. The molecule has 7 nitrogen and oxygen atoms in total. The van der Waals surface area contributed by atoms with Crippen LogP contribution in [0.5, 0.6) is 0 Å². The number of hydrogen-bond donors (Lipinski definition) is 1. The molecule has 1 atom stereocenters. The van der Waals surface area contributed by atoms with Gasteiger partial charge >= 0.3 is 5.97 Å². The van der Waals surface area contributed by atoms with Crippen molar-refractivity contribution >= 4 is 5.97 Å². The van der Waals surface area contributed by atoms with E-state index in [1.807, 2.05) is 18.7 Å². The van der Waals surface area contributed by atoms with Gasteiger partial charge in [0.2, 0.25) is 0 Å². The summed E-state index contributed by atoms with van der Waals surface area (Å²) in [7, 11) is 0. The standard InChI is InChI=1S/C14H25N5O2/c1-4-5-9-19-11(15-16-17-19)10-18-8-6-7-14(2,3)12(18)13(20)21/h12H,4-10H2,1-3H3,(H,20,21). The number of likely N-dealkylation sites (tertiary alicyclic amines) is 1. The first-order valence-electron chi connectivity index (χ1n) is 7.67. The van der Waals surface area contributed by atoms with Gasteiger partial charge in [-0.3, -0.25) is 9.69 Å². The van der Waals surface area contributed by atoms with Crippen molar-refractivity contribution < 1.29 is 9.90 Å². The van der Waals surface area contributed by atoms with E-state index in [2.05, 4.69) is 22.4 Å². The van der Waals surface area contributed by atoms with Gasteiger partial charge in [-0.1, -0.05) is 27.2 Å². The Balaban J connectivity index is 2.13. The van der Waals surface area contributed by atoms with Gasteiger partial charge in [-0.25, -0.2) is 4.68 Å². The normalized spacial score (nSPS) is 22.3. The maximum atomic E-state index is 11.7. The molecule has 2 rings (SSSR count). The number of carboxylic acid groups (broad SMARTS) is 1. The van der Waals surface area contributed by atoms with E-state index in [0.29, 0.717) is 6.54 Å². The van der Waals surface area contributed by atoms with Gasteiger partial charge in [0, 0.05) is 6.54 Å². The second kappa shape index (κ2) is 6.51. The molecule has 1 fully saturated rings. The van der Waals surface area contributed by atoms with Crippen molar-refractivity contribution in [2.24, 2.45) is 5.41 Å². The molecule has 2 heterocycles. The van der Waals surface area contributed by atoms with Crippen LogP contribution in [0, 0.1) is 5.41 Å². The number of carboxylic acids is 1. The summed E-state index contributed by atoms with van der Waals surface area (Å²) in [5.41, 5.74) is -0.230. The molecule has 0 saturated carbocycles. The minimum atomic E-state index is -0.757. The molecule has 1 saturated heterocycles. The zero-order chi connectivity index (χ0) is 15.5. The number of rotatable bonds is 6. The zero-order valence-electron chi connectivity index (χ0n) is 13.1. The van der Waals surface area contributed by atoms with Crippen molar-refractivity contribution in [2.75, 3.05) is 6.54 Å². The van der Waals surface area contributed by atoms with Crippen LogP contribution in [0.25, 0.3) is 0 Å². The lowest BCUT2D eigenvalue weighted by atomic mass is 9.76. The quantitative estimate of drug-likeness (QED) is 0.857. The lowest BCUT2D eigenvalue weighted by Gasteiger charge is -2.43. The Hall–Kier alpha value is -1.50. The second-order valence-corrected chi connectivity index (χ2v) is 6.48. The van der Waals surface area contributed by atoms with E-state index in [9.17, 15) is 9.90 Å². The van der Waals surface area contributed by atoms with Crippen LogP contribution in [-0.2, 0) is 17.9 Å². The molecule has 0 radical (unpaired) electrons. The highest BCUT2D eigenvalue weighted by Crippen LogP contribution is 2.35. The first kappa shape index (κ1) is 15.9. The monoisotopic (exact) mass is 295 g/mol. The van der Waals surface area contributed by atoms with E-state index in [1.54, 1.807) is 4.68 Å². The van der Waals surface area contributed by atoms with Crippen LogP contribution in [0.2, 0.25) is 0 Å². The second-order valence-electron chi connectivity index (χ2n) is 6.48. The average Bonchev–Trinajstić information content (AvgIpc) is 2.82. The number of aromatic nitrogens is 4. The minimum absolute atomic E-state index is 0.230. The van der Waals surface area contributed by atoms with Gasteiger partial charge in [-0.05, 0) is 41.6 Å². The highest BCUT2D eigenvalue weighted by Gasteiger charge is 2.42. The van der Waals surface area contributed by atoms with E-state index in [-0.39, 0.29) is 5.41 Å². The summed E-state index contributed by atoms with van der Waals surface area (Å²) in [6, 6.07) is -0.484. The predicted octanol–water partition coefficient (Wildman–Crippen LogP) is 1.55. The van der Waals surface area contributed by atoms with Crippen LogP contribution in [0.15, 0.2) is 0 Å². The largest absolute Gasteiger partial charge is 0.480 e. The van der Waals surface area contributed by atoms with Gasteiger partial charge in [-0.15, -0.1) is 5.10 Å². The Kier molecular flexibility index (Phi) is 4.92. The molecule has 1 unspecified atom stereocenters. The van der Waals surface area contributed by atoms with E-state index in [4.69, 9.17) is 0 Å². The molecule has 0 aromatic carbocycles. The number of tetrazole rings is 1. The Morgan fingerprint density at radius 3 is 2.90 bits per heavy atom. The molecule has 7 heteroatoms. The van der Waals surface area contributed by atoms with Crippen LogP contribution in [0.4, 0.5) is 0 Å². The van der Waals surface area contributed by atoms with Gasteiger partial charge in [-0.2, -0.15) is 0 Å². The fourth-order valence-corrected chi connectivity index (χ4v) is 3.16. The predicted molar refractivity (Wildman–Crippen MR) is 77.6 cm³/mol. The molecule has 118 valence electrons. The van der Waals surface area contributed by atoms with Gasteiger partial charge in [0.25, 0.3) is 0 Å². The molecule has 0 bridgehead atoms. The maximum Gasteiger partial charge on any atom is 0.321 e. The average molecular weight is 295 g/mol. The van der Waals surface area contributed by atoms with Gasteiger partial charge < -0.3 is 5.11 Å². The summed E-state index contributed by atoms with van der Waals surface area (Å²) in [5, 5.41) is 21.4. The van der Waals surface area contributed by atoms with Gasteiger partial charge in [0.05, 0.1) is 6.54 Å². The topological polar surface area (TPSA) is 84.1 Å². The highest BCUT2D eigenvalue weighted by molar-refractivity contribution is 5.74. The lowest BCUT2D eigenvalue weighted by molar-refractivity contribution is -0.151.